The molecule has 0 atom stereocenters. The molecule has 1 aliphatic heterocycles. The van der Waals surface area contributed by atoms with Crippen LogP contribution in [-0.2, 0) is 37.8 Å². The van der Waals surface area contributed by atoms with Crippen molar-refractivity contribution < 1.29 is 9.53 Å². The summed E-state index contributed by atoms with van der Waals surface area (Å²) in [5.74, 6) is 1.77. The molecule has 4 rings (SSSR count). The van der Waals surface area contributed by atoms with Crippen molar-refractivity contribution in [2.24, 2.45) is 7.05 Å². The van der Waals surface area contributed by atoms with Crippen LogP contribution in [0.25, 0.3) is 11.5 Å². The number of carbonyl (C=O) groups excluding carboxylic acids is 1. The topological polar surface area (TPSA) is 78.1 Å². The van der Waals surface area contributed by atoms with Crippen molar-refractivity contribution in [1.82, 2.24) is 29.4 Å². The number of nitrogens with zero attached hydrogens (tertiary/aromatic N) is 6. The van der Waals surface area contributed by atoms with Crippen molar-refractivity contribution in [3.63, 3.8) is 0 Å². The standard InChI is InChI=1S/C22H28N6O2S/c1-5-28-21(23-24-22(28)31-4)20-17-14-27(13-12-18(17)26(2)25-20)19(29)11-8-15-6-9-16(30-3)10-7-15/h6-7,9-10H,5,8,11-14H2,1-4H3. The van der Waals surface area contributed by atoms with Gasteiger partial charge in [0.2, 0.25) is 5.91 Å². The maximum Gasteiger partial charge on any atom is 0.223 e. The van der Waals surface area contributed by atoms with Crippen molar-refractivity contribution in [2.45, 2.75) is 44.4 Å². The second kappa shape index (κ2) is 9.13. The lowest BCUT2D eigenvalue weighted by atomic mass is 10.0. The molecule has 8 nitrogen and oxygen atoms in total. The van der Waals surface area contributed by atoms with Crippen LogP contribution in [0.2, 0.25) is 0 Å². The summed E-state index contributed by atoms with van der Waals surface area (Å²) < 4.78 is 9.21. The van der Waals surface area contributed by atoms with Gasteiger partial charge in [0.05, 0.1) is 7.11 Å². The molecule has 0 N–H and O–H groups in total. The van der Waals surface area contributed by atoms with Crippen LogP contribution in [0.3, 0.4) is 0 Å². The van der Waals surface area contributed by atoms with Gasteiger partial charge in [0.15, 0.2) is 11.0 Å². The number of aromatic nitrogens is 5. The maximum atomic E-state index is 13.0. The number of hydrogen-bond acceptors (Lipinski definition) is 6. The van der Waals surface area contributed by atoms with Gasteiger partial charge in [-0.15, -0.1) is 10.2 Å². The second-order valence-corrected chi connectivity index (χ2v) is 8.34. The zero-order valence-corrected chi connectivity index (χ0v) is 19.3. The third-order valence-electron chi connectivity index (χ3n) is 5.81. The second-order valence-electron chi connectivity index (χ2n) is 7.57. The van der Waals surface area contributed by atoms with Crippen LogP contribution in [-0.4, -0.2) is 55.3 Å². The van der Waals surface area contributed by atoms with E-state index in [-0.39, 0.29) is 5.91 Å². The third kappa shape index (κ3) is 4.19. The summed E-state index contributed by atoms with van der Waals surface area (Å²) in [5.41, 5.74) is 4.22. The van der Waals surface area contributed by atoms with E-state index in [9.17, 15) is 4.79 Å². The molecule has 0 saturated carbocycles. The Kier molecular flexibility index (Phi) is 6.31. The molecule has 31 heavy (non-hydrogen) atoms. The molecule has 1 aromatic carbocycles. The molecule has 1 amide bonds. The minimum Gasteiger partial charge on any atom is -0.497 e. The van der Waals surface area contributed by atoms with Crippen molar-refractivity contribution >= 4 is 17.7 Å². The maximum absolute atomic E-state index is 13.0. The molecule has 0 spiro atoms. The molecule has 0 radical (unpaired) electrons. The first-order valence-corrected chi connectivity index (χ1v) is 11.7. The molecule has 164 valence electrons. The Morgan fingerprint density at radius 2 is 2.00 bits per heavy atom. The molecule has 0 unspecified atom stereocenters. The average molecular weight is 441 g/mol. The molecule has 3 aromatic rings. The Morgan fingerprint density at radius 1 is 1.23 bits per heavy atom. The number of fused-ring (bicyclic) bond motifs is 1. The summed E-state index contributed by atoms with van der Waals surface area (Å²) in [6.45, 7) is 4.13. The predicted octanol–water partition coefficient (Wildman–Crippen LogP) is 2.95. The fraction of sp³-hybridized carbons (Fsp3) is 0.455. The lowest BCUT2D eigenvalue weighted by Crippen LogP contribution is -2.36. The van der Waals surface area contributed by atoms with E-state index in [1.807, 2.05) is 47.2 Å². The van der Waals surface area contributed by atoms with E-state index in [1.165, 1.54) is 5.69 Å². The zero-order chi connectivity index (χ0) is 22.0. The highest BCUT2D eigenvalue weighted by Crippen LogP contribution is 2.30. The highest BCUT2D eigenvalue weighted by molar-refractivity contribution is 7.98. The fourth-order valence-electron chi connectivity index (χ4n) is 4.09. The molecular formula is C22H28N6O2S. The van der Waals surface area contributed by atoms with Crippen molar-refractivity contribution in [3.05, 3.63) is 41.1 Å². The molecule has 3 heterocycles. The fourth-order valence-corrected chi connectivity index (χ4v) is 4.64. The third-order valence-corrected chi connectivity index (χ3v) is 6.48. The van der Waals surface area contributed by atoms with E-state index >= 15 is 0 Å². The summed E-state index contributed by atoms with van der Waals surface area (Å²) in [5, 5.41) is 14.4. The van der Waals surface area contributed by atoms with Gasteiger partial charge in [0.25, 0.3) is 0 Å². The lowest BCUT2D eigenvalue weighted by Gasteiger charge is -2.28. The number of aryl methyl sites for hydroxylation is 2. The Hall–Kier alpha value is -2.81. The van der Waals surface area contributed by atoms with E-state index in [2.05, 4.69) is 21.7 Å². The van der Waals surface area contributed by atoms with Crippen LogP contribution in [0.15, 0.2) is 29.4 Å². The van der Waals surface area contributed by atoms with Crippen LogP contribution in [0, 0.1) is 0 Å². The molecule has 0 saturated heterocycles. The first-order valence-electron chi connectivity index (χ1n) is 10.5. The lowest BCUT2D eigenvalue weighted by molar-refractivity contribution is -0.132. The summed E-state index contributed by atoms with van der Waals surface area (Å²) >= 11 is 1.57. The molecular weight excluding hydrogens is 412 g/mol. The van der Waals surface area contributed by atoms with Gasteiger partial charge >= 0.3 is 0 Å². The van der Waals surface area contributed by atoms with Crippen molar-refractivity contribution in [1.29, 1.82) is 0 Å². The Morgan fingerprint density at radius 3 is 2.68 bits per heavy atom. The summed E-state index contributed by atoms with van der Waals surface area (Å²) in [7, 11) is 3.62. The van der Waals surface area contributed by atoms with E-state index < -0.39 is 0 Å². The number of benzene rings is 1. The van der Waals surface area contributed by atoms with Gasteiger partial charge in [0, 0.05) is 50.8 Å². The SMILES string of the molecule is CCn1c(SC)nnc1-c1nn(C)c2c1CN(C(=O)CCc1ccc(OC)cc1)CC2. The van der Waals surface area contributed by atoms with E-state index in [0.29, 0.717) is 25.9 Å². The van der Waals surface area contributed by atoms with E-state index in [4.69, 9.17) is 9.84 Å². The highest BCUT2D eigenvalue weighted by atomic mass is 32.2. The van der Waals surface area contributed by atoms with Crippen LogP contribution in [0.1, 0.15) is 30.2 Å². The van der Waals surface area contributed by atoms with Crippen molar-refractivity contribution in [2.75, 3.05) is 19.9 Å². The first-order chi connectivity index (χ1) is 15.0. The minimum atomic E-state index is 0.165. The number of ether oxygens (including phenoxy) is 1. The number of methoxy groups -OCH3 is 1. The van der Waals surface area contributed by atoms with Crippen LogP contribution < -0.4 is 4.74 Å². The molecule has 2 aromatic heterocycles. The van der Waals surface area contributed by atoms with Crippen LogP contribution in [0.5, 0.6) is 5.75 Å². The zero-order valence-electron chi connectivity index (χ0n) is 18.5. The van der Waals surface area contributed by atoms with Gasteiger partial charge in [-0.05, 0) is 37.3 Å². The number of hydrogen-bond donors (Lipinski definition) is 0. The van der Waals surface area contributed by atoms with Gasteiger partial charge in [-0.2, -0.15) is 5.10 Å². The predicted molar refractivity (Wildman–Crippen MR) is 120 cm³/mol. The van der Waals surface area contributed by atoms with Gasteiger partial charge in [0.1, 0.15) is 11.4 Å². The highest BCUT2D eigenvalue weighted by Gasteiger charge is 2.29. The smallest absolute Gasteiger partial charge is 0.223 e. The van der Waals surface area contributed by atoms with Crippen LogP contribution in [0.4, 0.5) is 0 Å². The number of carbonyl (C=O) groups is 1. The Labute approximate surface area is 186 Å². The molecule has 1 aliphatic rings. The summed E-state index contributed by atoms with van der Waals surface area (Å²) in [6, 6.07) is 7.89. The van der Waals surface area contributed by atoms with Gasteiger partial charge in [-0.25, -0.2) is 0 Å². The summed E-state index contributed by atoms with van der Waals surface area (Å²) in [6.07, 6.45) is 3.99. The first kappa shape index (κ1) is 21.4. The van der Waals surface area contributed by atoms with Crippen molar-refractivity contribution in [3.8, 4) is 17.3 Å². The van der Waals surface area contributed by atoms with Gasteiger partial charge in [-0.1, -0.05) is 23.9 Å². The monoisotopic (exact) mass is 440 g/mol. The molecule has 9 heteroatoms. The Balaban J connectivity index is 1.51. The normalized spacial score (nSPS) is 13.4. The molecule has 0 fully saturated rings. The number of amides is 1. The quantitative estimate of drug-likeness (QED) is 0.526. The number of thioether (sulfide) groups is 1. The Bertz CT molecular complexity index is 1070. The van der Waals surface area contributed by atoms with E-state index in [1.54, 1.807) is 18.9 Å². The largest absolute Gasteiger partial charge is 0.497 e. The minimum absolute atomic E-state index is 0.165. The van der Waals surface area contributed by atoms with Crippen LogP contribution >= 0.6 is 11.8 Å². The van der Waals surface area contributed by atoms with E-state index in [0.717, 1.165) is 46.5 Å². The average Bonchev–Trinajstić information content (AvgIpc) is 3.37. The van der Waals surface area contributed by atoms with Gasteiger partial charge < -0.3 is 14.2 Å². The van der Waals surface area contributed by atoms with Gasteiger partial charge in [-0.3, -0.25) is 9.48 Å². The molecule has 0 bridgehead atoms. The molecule has 0 aliphatic carbocycles. The summed E-state index contributed by atoms with van der Waals surface area (Å²) in [4.78, 5) is 14.9. The number of rotatable bonds is 7.